The molecule has 0 radical (unpaired) electrons. The lowest BCUT2D eigenvalue weighted by molar-refractivity contribution is 0.197. The Balaban J connectivity index is 1.32. The Morgan fingerprint density at radius 1 is 1.23 bits per heavy atom. The maximum Gasteiger partial charge on any atom is 0.321 e. The van der Waals surface area contributed by atoms with E-state index in [2.05, 4.69) is 15.8 Å². The Labute approximate surface area is 151 Å². The fourth-order valence-corrected chi connectivity index (χ4v) is 3.37. The molecule has 1 aliphatic heterocycles. The number of piperidine rings is 1. The van der Waals surface area contributed by atoms with Crippen molar-refractivity contribution in [1.82, 2.24) is 10.1 Å². The predicted molar refractivity (Wildman–Crippen MR) is 96.9 cm³/mol. The van der Waals surface area contributed by atoms with Crippen molar-refractivity contribution in [2.24, 2.45) is 0 Å². The van der Waals surface area contributed by atoms with Crippen molar-refractivity contribution in [3.05, 3.63) is 41.5 Å². The fourth-order valence-electron chi connectivity index (χ4n) is 3.37. The van der Waals surface area contributed by atoms with Gasteiger partial charge < -0.3 is 20.1 Å². The van der Waals surface area contributed by atoms with E-state index in [1.54, 1.807) is 17.0 Å². The van der Waals surface area contributed by atoms with E-state index in [1.165, 1.54) is 6.07 Å². The van der Waals surface area contributed by atoms with Gasteiger partial charge in [0.1, 0.15) is 17.2 Å². The smallest absolute Gasteiger partial charge is 0.321 e. The van der Waals surface area contributed by atoms with Crippen molar-refractivity contribution in [3.8, 4) is 0 Å². The van der Waals surface area contributed by atoms with Crippen LogP contribution in [-0.4, -0.2) is 35.2 Å². The molecule has 2 amide bonds. The number of carbonyl (C=O) groups excluding carboxylic acids is 1. The van der Waals surface area contributed by atoms with Crippen molar-refractivity contribution in [2.45, 2.75) is 44.6 Å². The first-order valence-electron chi connectivity index (χ1n) is 9.15. The molecule has 0 spiro atoms. The van der Waals surface area contributed by atoms with E-state index in [9.17, 15) is 9.18 Å². The fraction of sp³-hybridized carbons (Fsp3) is 0.474. The van der Waals surface area contributed by atoms with E-state index >= 15 is 0 Å². The second-order valence-electron chi connectivity index (χ2n) is 7.10. The van der Waals surface area contributed by atoms with Gasteiger partial charge in [-0.1, -0.05) is 17.3 Å². The Bertz CT molecular complexity index is 795. The summed E-state index contributed by atoms with van der Waals surface area (Å²) in [6, 6.07) is 6.72. The van der Waals surface area contributed by atoms with Gasteiger partial charge in [-0.25, -0.2) is 9.18 Å². The van der Waals surface area contributed by atoms with Crippen molar-refractivity contribution in [1.29, 1.82) is 0 Å². The maximum atomic E-state index is 13.8. The third kappa shape index (κ3) is 3.52. The van der Waals surface area contributed by atoms with E-state index in [4.69, 9.17) is 4.52 Å². The number of nitrogens with zero attached hydrogens (tertiary/aromatic N) is 2. The first-order valence-corrected chi connectivity index (χ1v) is 9.15. The highest BCUT2D eigenvalue weighted by Crippen LogP contribution is 2.44. The monoisotopic (exact) mass is 358 g/mol. The zero-order chi connectivity index (χ0) is 18.1. The molecule has 1 aromatic heterocycles. The van der Waals surface area contributed by atoms with Crippen LogP contribution in [0.3, 0.4) is 0 Å². The number of aryl methyl sites for hydroxylation is 1. The number of para-hydroxylation sites is 1. The van der Waals surface area contributed by atoms with Gasteiger partial charge in [-0.15, -0.1) is 0 Å². The molecule has 2 N–H and O–H groups in total. The summed E-state index contributed by atoms with van der Waals surface area (Å²) in [5, 5.41) is 10.2. The Morgan fingerprint density at radius 3 is 2.65 bits per heavy atom. The van der Waals surface area contributed by atoms with Crippen molar-refractivity contribution in [3.63, 3.8) is 0 Å². The molecule has 1 saturated carbocycles. The number of likely N-dealkylation sites (tertiary alicyclic amines) is 1. The minimum Gasteiger partial charge on any atom is -0.380 e. The van der Waals surface area contributed by atoms with Crippen molar-refractivity contribution >= 4 is 17.4 Å². The average Bonchev–Trinajstić information content (AvgIpc) is 3.42. The number of rotatable bonds is 4. The molecule has 138 valence electrons. The van der Waals surface area contributed by atoms with Gasteiger partial charge in [0.2, 0.25) is 0 Å². The van der Waals surface area contributed by atoms with Gasteiger partial charge in [0.15, 0.2) is 5.76 Å². The van der Waals surface area contributed by atoms with E-state index < -0.39 is 0 Å². The van der Waals surface area contributed by atoms with Gasteiger partial charge in [0.25, 0.3) is 0 Å². The zero-order valence-corrected chi connectivity index (χ0v) is 14.8. The molecule has 2 aliphatic rings. The summed E-state index contributed by atoms with van der Waals surface area (Å²) in [7, 11) is 0. The first-order chi connectivity index (χ1) is 12.6. The molecule has 1 aliphatic carbocycles. The highest BCUT2D eigenvalue weighted by atomic mass is 19.1. The molecule has 1 aromatic carbocycles. The molecule has 2 aromatic rings. The molecule has 2 heterocycles. The van der Waals surface area contributed by atoms with Gasteiger partial charge >= 0.3 is 6.03 Å². The Kier molecular flexibility index (Phi) is 4.53. The van der Waals surface area contributed by atoms with Crippen molar-refractivity contribution in [2.75, 3.05) is 23.7 Å². The molecular weight excluding hydrogens is 335 g/mol. The van der Waals surface area contributed by atoms with Gasteiger partial charge in [-0.2, -0.15) is 0 Å². The van der Waals surface area contributed by atoms with Crippen LogP contribution >= 0.6 is 0 Å². The van der Waals surface area contributed by atoms with Crippen molar-refractivity contribution < 1.29 is 13.7 Å². The zero-order valence-electron chi connectivity index (χ0n) is 14.8. The average molecular weight is 358 g/mol. The minimum absolute atomic E-state index is 0.123. The quantitative estimate of drug-likeness (QED) is 0.863. The Hall–Kier alpha value is -2.57. The summed E-state index contributed by atoms with van der Waals surface area (Å²) >= 11 is 0. The lowest BCUT2D eigenvalue weighted by atomic mass is 10.0. The largest absolute Gasteiger partial charge is 0.380 e. The second kappa shape index (κ2) is 6.97. The standard InChI is InChI=1S/C19H23FN4O2/c1-12-17(18(26-23-12)13-6-7-13)22-19(25)24-10-8-14(9-11-24)21-16-5-3-2-4-15(16)20/h2-5,13-14,21H,6-11H2,1H3,(H,22,25). The highest BCUT2D eigenvalue weighted by molar-refractivity contribution is 5.90. The number of benzene rings is 1. The lowest BCUT2D eigenvalue weighted by Gasteiger charge is -2.33. The maximum absolute atomic E-state index is 13.8. The molecule has 0 unspecified atom stereocenters. The Morgan fingerprint density at radius 2 is 1.96 bits per heavy atom. The highest BCUT2D eigenvalue weighted by Gasteiger charge is 2.33. The number of halogens is 1. The number of urea groups is 1. The molecule has 1 saturated heterocycles. The SMILES string of the molecule is Cc1noc(C2CC2)c1NC(=O)N1CCC(Nc2ccccc2F)CC1. The molecule has 4 rings (SSSR count). The number of aromatic nitrogens is 1. The number of hydrogen-bond acceptors (Lipinski definition) is 4. The number of amides is 2. The van der Waals surface area contributed by atoms with Crippen LogP contribution in [-0.2, 0) is 0 Å². The van der Waals surface area contributed by atoms with E-state index in [0.717, 1.165) is 42.8 Å². The van der Waals surface area contributed by atoms with E-state index in [0.29, 0.717) is 24.7 Å². The van der Waals surface area contributed by atoms with Gasteiger partial charge in [-0.3, -0.25) is 0 Å². The second-order valence-corrected chi connectivity index (χ2v) is 7.10. The summed E-state index contributed by atoms with van der Waals surface area (Å²) in [5.41, 5.74) is 1.96. The first kappa shape index (κ1) is 16.9. The molecule has 0 atom stereocenters. The van der Waals surface area contributed by atoms with Crippen LogP contribution in [0.5, 0.6) is 0 Å². The summed E-state index contributed by atoms with van der Waals surface area (Å²) in [4.78, 5) is 14.4. The topological polar surface area (TPSA) is 70.4 Å². The normalized spacial score (nSPS) is 18.0. The molecule has 26 heavy (non-hydrogen) atoms. The third-order valence-electron chi connectivity index (χ3n) is 5.08. The number of carbonyl (C=O) groups is 1. The van der Waals surface area contributed by atoms with E-state index in [1.807, 2.05) is 13.0 Å². The van der Waals surface area contributed by atoms with Crippen LogP contribution < -0.4 is 10.6 Å². The molecule has 2 fully saturated rings. The van der Waals surface area contributed by atoms with Crippen LogP contribution in [0.15, 0.2) is 28.8 Å². The predicted octanol–water partition coefficient (Wildman–Crippen LogP) is 4.11. The molecule has 7 heteroatoms. The van der Waals surface area contributed by atoms with Gasteiger partial charge in [-0.05, 0) is 44.7 Å². The third-order valence-corrected chi connectivity index (χ3v) is 5.08. The van der Waals surface area contributed by atoms with E-state index in [-0.39, 0.29) is 17.9 Å². The molecule has 0 bridgehead atoms. The molecule has 6 nitrogen and oxygen atoms in total. The van der Waals surface area contributed by atoms with Crippen LogP contribution in [0.25, 0.3) is 0 Å². The number of anilines is 2. The number of hydrogen-bond donors (Lipinski definition) is 2. The summed E-state index contributed by atoms with van der Waals surface area (Å²) < 4.78 is 19.1. The van der Waals surface area contributed by atoms with Crippen LogP contribution in [0.1, 0.15) is 43.1 Å². The lowest BCUT2D eigenvalue weighted by Crippen LogP contribution is -2.44. The summed E-state index contributed by atoms with van der Waals surface area (Å²) in [6.45, 7) is 3.09. The minimum atomic E-state index is -0.247. The molecular formula is C19H23FN4O2. The number of nitrogens with one attached hydrogen (secondary N) is 2. The van der Waals surface area contributed by atoms with Crippen LogP contribution in [0.2, 0.25) is 0 Å². The van der Waals surface area contributed by atoms with Gasteiger partial charge in [0.05, 0.1) is 5.69 Å². The van der Waals surface area contributed by atoms with Crippen LogP contribution in [0.4, 0.5) is 20.6 Å². The summed E-state index contributed by atoms with van der Waals surface area (Å²) in [5.74, 6) is 0.942. The van der Waals surface area contributed by atoms with Crippen LogP contribution in [0, 0.1) is 12.7 Å². The summed E-state index contributed by atoms with van der Waals surface area (Å²) in [6.07, 6.45) is 3.73. The van der Waals surface area contributed by atoms with Gasteiger partial charge in [0, 0.05) is 25.0 Å².